The molecule has 0 aliphatic heterocycles. The number of carbonyl (C=O) groups excluding carboxylic acids is 1. The Bertz CT molecular complexity index is 915. The van der Waals surface area contributed by atoms with Gasteiger partial charge in [0.2, 0.25) is 5.43 Å². The molecule has 0 aliphatic rings. The van der Waals surface area contributed by atoms with Crippen LogP contribution in [-0.2, 0) is 13.2 Å². The van der Waals surface area contributed by atoms with E-state index in [0.717, 1.165) is 5.56 Å². The summed E-state index contributed by atoms with van der Waals surface area (Å²) in [5, 5.41) is 12.5. The Labute approximate surface area is 140 Å². The molecule has 0 aliphatic carbocycles. The first-order valence-corrected chi connectivity index (χ1v) is 8.05. The maximum Gasteiger partial charge on any atom is 0.257 e. The lowest BCUT2D eigenvalue weighted by atomic mass is 10.2. The number of fused-ring (bicyclic) bond motifs is 1. The average Bonchev–Trinajstić information content (AvgIpc) is 2.99. The predicted octanol–water partition coefficient (Wildman–Crippen LogP) is 2.67. The fourth-order valence-electron chi connectivity index (χ4n) is 2.18. The summed E-state index contributed by atoms with van der Waals surface area (Å²) >= 11 is 6.99. The van der Waals surface area contributed by atoms with Crippen molar-refractivity contribution in [1.82, 2.24) is 10.3 Å². The zero-order valence-corrected chi connectivity index (χ0v) is 13.5. The summed E-state index contributed by atoms with van der Waals surface area (Å²) in [6, 6.07) is 8.80. The van der Waals surface area contributed by atoms with Gasteiger partial charge in [-0.2, -0.15) is 0 Å². The molecule has 0 bridgehead atoms. The van der Waals surface area contributed by atoms with Crippen LogP contribution in [-0.4, -0.2) is 16.0 Å². The van der Waals surface area contributed by atoms with Gasteiger partial charge in [0.25, 0.3) is 5.91 Å². The fraction of sp³-hybridized carbons (Fsp3) is 0.125. The van der Waals surface area contributed by atoms with Gasteiger partial charge in [0.1, 0.15) is 5.56 Å². The summed E-state index contributed by atoms with van der Waals surface area (Å²) in [5.74, 6) is -0.443. The number of hydrogen-bond acceptors (Lipinski definition) is 4. The Balaban J connectivity index is 1.81. The van der Waals surface area contributed by atoms with Crippen molar-refractivity contribution in [2.45, 2.75) is 13.2 Å². The van der Waals surface area contributed by atoms with Gasteiger partial charge in [0, 0.05) is 22.6 Å². The molecule has 3 N–H and O–H groups in total. The summed E-state index contributed by atoms with van der Waals surface area (Å²) in [5.41, 5.74) is 1.23. The number of halogens is 1. The quantitative estimate of drug-likeness (QED) is 0.678. The van der Waals surface area contributed by atoms with Gasteiger partial charge in [-0.3, -0.25) is 9.59 Å². The molecule has 23 heavy (non-hydrogen) atoms. The van der Waals surface area contributed by atoms with Gasteiger partial charge in [0.15, 0.2) is 0 Å². The van der Waals surface area contributed by atoms with Crippen LogP contribution in [0.15, 0.2) is 41.3 Å². The molecule has 2 aromatic heterocycles. The number of rotatable bonds is 4. The van der Waals surface area contributed by atoms with E-state index in [-0.39, 0.29) is 17.6 Å². The minimum atomic E-state index is -0.443. The zero-order valence-electron chi connectivity index (χ0n) is 11.9. The zero-order chi connectivity index (χ0) is 16.4. The first kappa shape index (κ1) is 15.7. The Morgan fingerprint density at radius 3 is 2.74 bits per heavy atom. The Hall–Kier alpha value is -2.15. The summed E-state index contributed by atoms with van der Waals surface area (Å²) in [4.78, 5) is 28.2. The van der Waals surface area contributed by atoms with Crippen LogP contribution >= 0.6 is 22.9 Å². The molecule has 0 saturated carbocycles. The van der Waals surface area contributed by atoms with Crippen LogP contribution in [0.25, 0.3) is 10.2 Å². The topological polar surface area (TPSA) is 82.2 Å². The fourth-order valence-corrected chi connectivity index (χ4v) is 3.24. The van der Waals surface area contributed by atoms with Crippen molar-refractivity contribution in [1.29, 1.82) is 0 Å². The predicted molar refractivity (Wildman–Crippen MR) is 91.0 cm³/mol. The molecule has 2 heterocycles. The number of amides is 1. The number of pyridine rings is 1. The summed E-state index contributed by atoms with van der Waals surface area (Å²) < 4.78 is 0.438. The van der Waals surface area contributed by atoms with E-state index in [1.54, 1.807) is 18.2 Å². The number of H-pyrrole nitrogens is 1. The van der Waals surface area contributed by atoms with Crippen LogP contribution in [0.5, 0.6) is 0 Å². The number of benzene rings is 1. The van der Waals surface area contributed by atoms with Gasteiger partial charge in [-0.15, -0.1) is 11.3 Å². The van der Waals surface area contributed by atoms with Crippen molar-refractivity contribution >= 4 is 39.1 Å². The van der Waals surface area contributed by atoms with E-state index in [1.165, 1.54) is 17.5 Å². The minimum Gasteiger partial charge on any atom is -0.391 e. The van der Waals surface area contributed by atoms with Crippen molar-refractivity contribution in [2.24, 2.45) is 0 Å². The molecule has 118 valence electrons. The van der Waals surface area contributed by atoms with Crippen LogP contribution in [0.1, 0.15) is 20.8 Å². The molecule has 5 nitrogen and oxygen atoms in total. The molecule has 3 rings (SSSR count). The first-order valence-electron chi connectivity index (χ1n) is 6.86. The summed E-state index contributed by atoms with van der Waals surface area (Å²) in [7, 11) is 0. The molecule has 0 atom stereocenters. The van der Waals surface area contributed by atoms with Gasteiger partial charge in [0.05, 0.1) is 16.8 Å². The van der Waals surface area contributed by atoms with Crippen molar-refractivity contribution in [3.63, 3.8) is 0 Å². The Morgan fingerprint density at radius 1 is 1.30 bits per heavy atom. The number of nitrogens with one attached hydrogen (secondary N) is 2. The molecule has 0 fully saturated rings. The monoisotopic (exact) mass is 348 g/mol. The third-order valence-corrected chi connectivity index (χ3v) is 4.74. The lowest BCUT2D eigenvalue weighted by Crippen LogP contribution is -2.28. The number of aliphatic hydroxyl groups excluding tert-OH is 1. The number of aromatic nitrogens is 1. The van der Waals surface area contributed by atoms with Crippen molar-refractivity contribution in [3.05, 3.63) is 67.8 Å². The van der Waals surface area contributed by atoms with Gasteiger partial charge in [-0.05, 0) is 23.8 Å². The second kappa shape index (κ2) is 6.54. The lowest BCUT2D eigenvalue weighted by molar-refractivity contribution is 0.0949. The van der Waals surface area contributed by atoms with Gasteiger partial charge >= 0.3 is 0 Å². The van der Waals surface area contributed by atoms with Gasteiger partial charge in [-0.1, -0.05) is 23.7 Å². The molecule has 7 heteroatoms. The molecule has 3 aromatic rings. The number of aliphatic hydroxyl groups is 1. The minimum absolute atomic E-state index is 0.0535. The van der Waals surface area contributed by atoms with Crippen molar-refractivity contribution < 1.29 is 9.90 Å². The van der Waals surface area contributed by atoms with E-state index in [2.05, 4.69) is 10.3 Å². The molecule has 0 spiro atoms. The second-order valence-electron chi connectivity index (χ2n) is 4.95. The summed E-state index contributed by atoms with van der Waals surface area (Å²) in [6.45, 7) is 0.171. The maximum absolute atomic E-state index is 12.4. The smallest absolute Gasteiger partial charge is 0.257 e. The third-order valence-electron chi connectivity index (χ3n) is 3.37. The molecule has 1 amide bonds. The van der Waals surface area contributed by atoms with E-state index in [9.17, 15) is 9.59 Å². The molecule has 0 radical (unpaired) electrons. The van der Waals surface area contributed by atoms with Crippen molar-refractivity contribution in [2.75, 3.05) is 0 Å². The average molecular weight is 349 g/mol. The molecule has 0 unspecified atom stereocenters. The SMILES string of the molecule is O=C(NCc1ccc(Cl)cc1)c1c[nH]c2cc(CO)sc2c1=O. The van der Waals surface area contributed by atoms with Crippen LogP contribution in [0.4, 0.5) is 0 Å². The van der Waals surface area contributed by atoms with E-state index >= 15 is 0 Å². The van der Waals surface area contributed by atoms with E-state index < -0.39 is 5.91 Å². The molecule has 0 saturated heterocycles. The number of hydrogen-bond donors (Lipinski definition) is 3. The van der Waals surface area contributed by atoms with Crippen LogP contribution in [0.2, 0.25) is 5.02 Å². The van der Waals surface area contributed by atoms with E-state index in [4.69, 9.17) is 16.7 Å². The molecular formula is C16H13ClN2O3S. The van der Waals surface area contributed by atoms with Gasteiger partial charge < -0.3 is 15.4 Å². The number of thiophene rings is 1. The van der Waals surface area contributed by atoms with Crippen LogP contribution in [0, 0.1) is 0 Å². The normalized spacial score (nSPS) is 10.9. The van der Waals surface area contributed by atoms with Crippen LogP contribution < -0.4 is 10.7 Å². The molecule has 1 aromatic carbocycles. The Morgan fingerprint density at radius 2 is 2.04 bits per heavy atom. The largest absolute Gasteiger partial charge is 0.391 e. The van der Waals surface area contributed by atoms with Gasteiger partial charge in [-0.25, -0.2) is 0 Å². The summed E-state index contributed by atoms with van der Waals surface area (Å²) in [6.07, 6.45) is 1.40. The number of aromatic amines is 1. The highest BCUT2D eigenvalue weighted by molar-refractivity contribution is 7.18. The highest BCUT2D eigenvalue weighted by Gasteiger charge is 2.14. The maximum atomic E-state index is 12.4. The second-order valence-corrected chi connectivity index (χ2v) is 6.53. The van der Waals surface area contributed by atoms with E-state index in [0.29, 0.717) is 26.7 Å². The first-order chi connectivity index (χ1) is 11.1. The van der Waals surface area contributed by atoms with Crippen molar-refractivity contribution in [3.8, 4) is 0 Å². The standard InChI is InChI=1S/C16H13ClN2O3S/c17-10-3-1-9(2-4-10)6-19-16(22)12-7-18-13-5-11(8-20)23-15(13)14(12)21/h1-5,7,20H,6,8H2,(H,18,21)(H,19,22). The Kier molecular flexibility index (Phi) is 4.47. The third kappa shape index (κ3) is 3.29. The number of carbonyl (C=O) groups is 1. The highest BCUT2D eigenvalue weighted by atomic mass is 35.5. The van der Waals surface area contributed by atoms with E-state index in [1.807, 2.05) is 12.1 Å². The molecular weight excluding hydrogens is 336 g/mol. The lowest BCUT2D eigenvalue weighted by Gasteiger charge is -2.05. The highest BCUT2D eigenvalue weighted by Crippen LogP contribution is 2.21. The van der Waals surface area contributed by atoms with Crippen LogP contribution in [0.3, 0.4) is 0 Å².